The highest BCUT2D eigenvalue weighted by molar-refractivity contribution is 7.08. The van der Waals surface area contributed by atoms with E-state index in [-0.39, 0.29) is 18.0 Å². The number of hydrogen-bond acceptors (Lipinski definition) is 5. The zero-order valence-electron chi connectivity index (χ0n) is 13.9. The van der Waals surface area contributed by atoms with Crippen LogP contribution in [-0.2, 0) is 0 Å². The maximum Gasteiger partial charge on any atom is 0.321 e. The number of urea groups is 1. The Hall–Kier alpha value is -2.61. The number of likely N-dealkylation sites (tertiary alicyclic amines) is 1. The lowest BCUT2D eigenvalue weighted by Gasteiger charge is -2.32. The molecule has 0 aliphatic carbocycles. The van der Waals surface area contributed by atoms with Crippen molar-refractivity contribution in [2.75, 3.05) is 25.5 Å². The van der Waals surface area contributed by atoms with Gasteiger partial charge in [0.2, 0.25) is 5.88 Å². The van der Waals surface area contributed by atoms with Gasteiger partial charge in [-0.2, -0.15) is 11.3 Å². The van der Waals surface area contributed by atoms with Gasteiger partial charge in [-0.3, -0.25) is 4.79 Å². The van der Waals surface area contributed by atoms with Gasteiger partial charge >= 0.3 is 6.03 Å². The second-order valence-corrected chi connectivity index (χ2v) is 6.55. The number of rotatable bonds is 4. The average molecular weight is 360 g/mol. The molecule has 2 aromatic rings. The molecule has 7 nitrogen and oxygen atoms in total. The molecule has 2 N–H and O–H groups in total. The van der Waals surface area contributed by atoms with Crippen molar-refractivity contribution in [2.24, 2.45) is 0 Å². The molecule has 1 aliphatic heterocycles. The Kier molecular flexibility index (Phi) is 5.49. The van der Waals surface area contributed by atoms with Crippen LogP contribution in [0, 0.1) is 0 Å². The topological polar surface area (TPSA) is 83.6 Å². The minimum atomic E-state index is -0.158. The Morgan fingerprint density at radius 1 is 1.28 bits per heavy atom. The van der Waals surface area contributed by atoms with Crippen LogP contribution in [0.3, 0.4) is 0 Å². The molecule has 0 radical (unpaired) electrons. The number of anilines is 1. The number of pyridine rings is 1. The van der Waals surface area contributed by atoms with Gasteiger partial charge in [0.15, 0.2) is 0 Å². The monoisotopic (exact) mass is 360 g/mol. The Morgan fingerprint density at radius 2 is 2.08 bits per heavy atom. The number of nitrogens with zero attached hydrogens (tertiary/aromatic N) is 2. The van der Waals surface area contributed by atoms with Gasteiger partial charge in [0.05, 0.1) is 19.0 Å². The predicted octanol–water partition coefficient (Wildman–Crippen LogP) is 2.58. The zero-order chi connectivity index (χ0) is 17.6. The van der Waals surface area contributed by atoms with Crippen molar-refractivity contribution < 1.29 is 14.3 Å². The first kappa shape index (κ1) is 17.2. The molecule has 0 atom stereocenters. The summed E-state index contributed by atoms with van der Waals surface area (Å²) in [6.45, 7) is 1.20. The van der Waals surface area contributed by atoms with Crippen LogP contribution in [0.2, 0.25) is 0 Å². The number of carbonyl (C=O) groups is 2. The second-order valence-electron chi connectivity index (χ2n) is 5.77. The summed E-state index contributed by atoms with van der Waals surface area (Å²) in [7, 11) is 1.54. The van der Waals surface area contributed by atoms with Crippen LogP contribution >= 0.6 is 11.3 Å². The average Bonchev–Trinajstić information content (AvgIpc) is 3.18. The quantitative estimate of drug-likeness (QED) is 0.878. The number of amides is 3. The molecule has 0 saturated carbocycles. The largest absolute Gasteiger partial charge is 0.481 e. The molecule has 0 aromatic carbocycles. The number of nitrogens with one attached hydrogen (secondary N) is 2. The molecule has 1 saturated heterocycles. The van der Waals surface area contributed by atoms with E-state index in [1.54, 1.807) is 30.3 Å². The molecule has 0 spiro atoms. The van der Waals surface area contributed by atoms with Gasteiger partial charge in [-0.1, -0.05) is 0 Å². The minimum Gasteiger partial charge on any atom is -0.481 e. The highest BCUT2D eigenvalue weighted by Gasteiger charge is 2.24. The summed E-state index contributed by atoms with van der Waals surface area (Å²) in [6, 6.07) is 5.19. The van der Waals surface area contributed by atoms with Crippen molar-refractivity contribution in [3.63, 3.8) is 0 Å². The summed E-state index contributed by atoms with van der Waals surface area (Å²) in [4.78, 5) is 30.2. The molecule has 3 heterocycles. The molecule has 3 rings (SSSR count). The van der Waals surface area contributed by atoms with Crippen LogP contribution in [0.15, 0.2) is 35.2 Å². The molecule has 25 heavy (non-hydrogen) atoms. The fraction of sp³-hybridized carbons (Fsp3) is 0.353. The van der Waals surface area contributed by atoms with Crippen molar-refractivity contribution in [3.05, 3.63) is 40.7 Å². The second kappa shape index (κ2) is 7.98. The Balaban J connectivity index is 1.46. The summed E-state index contributed by atoms with van der Waals surface area (Å²) < 4.78 is 4.99. The van der Waals surface area contributed by atoms with E-state index in [4.69, 9.17) is 4.74 Å². The van der Waals surface area contributed by atoms with Gasteiger partial charge in [0.25, 0.3) is 5.91 Å². The fourth-order valence-corrected chi connectivity index (χ4v) is 3.30. The van der Waals surface area contributed by atoms with Crippen molar-refractivity contribution in [3.8, 4) is 5.88 Å². The number of hydrogen-bond donors (Lipinski definition) is 2. The predicted molar refractivity (Wildman–Crippen MR) is 96.2 cm³/mol. The first-order valence-corrected chi connectivity index (χ1v) is 8.99. The van der Waals surface area contributed by atoms with Gasteiger partial charge in [0, 0.05) is 36.1 Å². The van der Waals surface area contributed by atoms with Crippen molar-refractivity contribution >= 4 is 29.0 Å². The number of thiophene rings is 1. The van der Waals surface area contributed by atoms with Gasteiger partial charge in [-0.15, -0.1) is 0 Å². The van der Waals surface area contributed by atoms with Gasteiger partial charge in [-0.05, 0) is 30.4 Å². The lowest BCUT2D eigenvalue weighted by molar-refractivity contribution is 0.0919. The first-order chi connectivity index (χ1) is 12.2. The molecule has 0 bridgehead atoms. The highest BCUT2D eigenvalue weighted by atomic mass is 32.1. The van der Waals surface area contributed by atoms with E-state index < -0.39 is 0 Å². The van der Waals surface area contributed by atoms with Gasteiger partial charge in [0.1, 0.15) is 0 Å². The third kappa shape index (κ3) is 4.48. The summed E-state index contributed by atoms with van der Waals surface area (Å²) >= 11 is 1.50. The van der Waals surface area contributed by atoms with Gasteiger partial charge < -0.3 is 20.3 Å². The normalized spacial score (nSPS) is 14.8. The third-order valence-electron chi connectivity index (χ3n) is 4.10. The number of aromatic nitrogens is 1. The van der Waals surface area contributed by atoms with E-state index >= 15 is 0 Å². The Labute approximate surface area is 150 Å². The van der Waals surface area contributed by atoms with Crippen molar-refractivity contribution in [2.45, 2.75) is 18.9 Å². The van der Waals surface area contributed by atoms with Crippen molar-refractivity contribution in [1.29, 1.82) is 0 Å². The highest BCUT2D eigenvalue weighted by Crippen LogP contribution is 2.15. The van der Waals surface area contributed by atoms with Crippen LogP contribution in [0.1, 0.15) is 23.2 Å². The fourth-order valence-electron chi connectivity index (χ4n) is 2.67. The molecule has 0 unspecified atom stereocenters. The molecule has 1 aliphatic rings. The summed E-state index contributed by atoms with van der Waals surface area (Å²) in [5.41, 5.74) is 1.32. The SMILES string of the molecule is COc1ccc(NC(=O)N2CCC(NC(=O)c3ccsc3)CC2)cn1. The summed E-state index contributed by atoms with van der Waals surface area (Å²) in [5, 5.41) is 9.57. The van der Waals surface area contributed by atoms with E-state index in [0.29, 0.717) is 30.2 Å². The zero-order valence-corrected chi connectivity index (χ0v) is 14.7. The molecule has 1 fully saturated rings. The van der Waals surface area contributed by atoms with E-state index in [9.17, 15) is 9.59 Å². The van der Waals surface area contributed by atoms with E-state index in [2.05, 4.69) is 15.6 Å². The van der Waals surface area contributed by atoms with Crippen LogP contribution in [0.4, 0.5) is 10.5 Å². The number of piperidine rings is 1. The smallest absolute Gasteiger partial charge is 0.321 e. The van der Waals surface area contributed by atoms with Crippen LogP contribution in [0.5, 0.6) is 5.88 Å². The molecular formula is C17H20N4O3S. The Morgan fingerprint density at radius 3 is 2.68 bits per heavy atom. The summed E-state index contributed by atoms with van der Waals surface area (Å²) in [5.74, 6) is 0.452. The van der Waals surface area contributed by atoms with Gasteiger partial charge in [-0.25, -0.2) is 9.78 Å². The van der Waals surface area contributed by atoms with E-state index in [0.717, 1.165) is 12.8 Å². The maximum atomic E-state index is 12.3. The van der Waals surface area contributed by atoms with E-state index in [1.807, 2.05) is 16.8 Å². The minimum absolute atomic E-state index is 0.0477. The molecule has 2 aromatic heterocycles. The lowest BCUT2D eigenvalue weighted by Crippen LogP contribution is -2.47. The number of methoxy groups -OCH3 is 1. The third-order valence-corrected chi connectivity index (χ3v) is 4.78. The Bertz CT molecular complexity index is 710. The van der Waals surface area contributed by atoms with Crippen molar-refractivity contribution in [1.82, 2.24) is 15.2 Å². The van der Waals surface area contributed by atoms with Crippen LogP contribution in [0.25, 0.3) is 0 Å². The van der Waals surface area contributed by atoms with E-state index in [1.165, 1.54) is 11.3 Å². The lowest BCUT2D eigenvalue weighted by atomic mass is 10.0. The standard InChI is InChI=1S/C17H20N4O3S/c1-24-15-3-2-14(10-18-15)20-17(23)21-7-4-13(5-8-21)19-16(22)12-6-9-25-11-12/h2-3,6,9-11,13H,4-5,7-8H2,1H3,(H,19,22)(H,20,23). The molecule has 8 heteroatoms. The van der Waals surface area contributed by atoms with Crippen LogP contribution in [-0.4, -0.2) is 48.1 Å². The molecular weight excluding hydrogens is 340 g/mol. The molecule has 132 valence electrons. The molecule has 3 amide bonds. The first-order valence-electron chi connectivity index (χ1n) is 8.05. The van der Waals surface area contributed by atoms with Crippen LogP contribution < -0.4 is 15.4 Å². The number of carbonyl (C=O) groups excluding carboxylic acids is 2. The maximum absolute atomic E-state index is 12.3. The summed E-state index contributed by atoms with van der Waals surface area (Å²) in [6.07, 6.45) is 3.04. The number of ether oxygens (including phenoxy) is 1.